The Hall–Kier alpha value is -1.29. The molecule has 1 aromatic rings. The Morgan fingerprint density at radius 2 is 2.17 bits per heavy atom. The van der Waals surface area contributed by atoms with E-state index in [0.717, 1.165) is 25.3 Å². The largest absolute Gasteiger partial charge is 0.481 e. The third kappa shape index (κ3) is 4.18. The van der Waals surface area contributed by atoms with E-state index >= 15 is 0 Å². The quantitative estimate of drug-likeness (QED) is 0.811. The van der Waals surface area contributed by atoms with Crippen LogP contribution in [0.25, 0.3) is 0 Å². The van der Waals surface area contributed by atoms with Gasteiger partial charge in [-0.05, 0) is 53.3 Å². The van der Waals surface area contributed by atoms with Crippen LogP contribution in [0.2, 0.25) is 0 Å². The zero-order valence-corrected chi connectivity index (χ0v) is 11.7. The van der Waals surface area contributed by atoms with Gasteiger partial charge in [-0.3, -0.25) is 4.79 Å². The molecule has 0 radical (unpaired) electrons. The lowest BCUT2D eigenvalue weighted by Gasteiger charge is -2.21. The number of hydrogen-bond acceptors (Lipinski definition) is 3. The Morgan fingerprint density at radius 1 is 1.50 bits per heavy atom. The van der Waals surface area contributed by atoms with Crippen LogP contribution in [0.1, 0.15) is 38.0 Å². The number of aryl methyl sites for hydroxylation is 1. The van der Waals surface area contributed by atoms with E-state index in [-0.39, 0.29) is 0 Å². The summed E-state index contributed by atoms with van der Waals surface area (Å²) in [6, 6.07) is 1.98. The van der Waals surface area contributed by atoms with Crippen molar-refractivity contribution in [3.05, 3.63) is 23.7 Å². The van der Waals surface area contributed by atoms with Gasteiger partial charge in [0.1, 0.15) is 5.76 Å². The van der Waals surface area contributed by atoms with Gasteiger partial charge >= 0.3 is 5.97 Å². The highest BCUT2D eigenvalue weighted by Crippen LogP contribution is 2.22. The van der Waals surface area contributed by atoms with Crippen molar-refractivity contribution in [2.75, 3.05) is 13.6 Å². The molecule has 0 spiro atoms. The number of carbonyl (C=O) groups is 1. The molecule has 0 atom stereocenters. The minimum atomic E-state index is -0.726. The van der Waals surface area contributed by atoms with Gasteiger partial charge in [0.25, 0.3) is 0 Å². The number of carboxylic acids is 1. The van der Waals surface area contributed by atoms with E-state index < -0.39 is 11.4 Å². The second-order valence-electron chi connectivity index (χ2n) is 5.53. The van der Waals surface area contributed by atoms with E-state index in [2.05, 4.69) is 4.90 Å². The summed E-state index contributed by atoms with van der Waals surface area (Å²) < 4.78 is 5.25. The Kier molecular flexibility index (Phi) is 4.96. The minimum Gasteiger partial charge on any atom is -0.481 e. The van der Waals surface area contributed by atoms with Crippen molar-refractivity contribution in [1.29, 1.82) is 0 Å². The predicted molar refractivity (Wildman–Crippen MR) is 70.4 cm³/mol. The van der Waals surface area contributed by atoms with Crippen LogP contribution in [-0.2, 0) is 11.3 Å². The standard InChI is InChI=1S/C14H23NO3/c1-11-12(6-9-18-11)10-15(4)8-5-7-14(2,3)13(16)17/h6,9H,5,7-8,10H2,1-4H3,(H,16,17). The summed E-state index contributed by atoms with van der Waals surface area (Å²) in [7, 11) is 2.04. The monoisotopic (exact) mass is 253 g/mol. The van der Waals surface area contributed by atoms with E-state index in [1.54, 1.807) is 20.1 Å². The highest BCUT2D eigenvalue weighted by molar-refractivity contribution is 5.73. The highest BCUT2D eigenvalue weighted by Gasteiger charge is 2.26. The van der Waals surface area contributed by atoms with Gasteiger partial charge < -0.3 is 14.4 Å². The molecule has 0 fully saturated rings. The Labute approximate surface area is 109 Å². The topological polar surface area (TPSA) is 53.7 Å². The van der Waals surface area contributed by atoms with Crippen molar-refractivity contribution < 1.29 is 14.3 Å². The lowest BCUT2D eigenvalue weighted by Crippen LogP contribution is -2.26. The van der Waals surface area contributed by atoms with E-state index in [4.69, 9.17) is 9.52 Å². The molecule has 1 rings (SSSR count). The van der Waals surface area contributed by atoms with Gasteiger partial charge in [-0.2, -0.15) is 0 Å². The molecule has 0 amide bonds. The first-order valence-corrected chi connectivity index (χ1v) is 6.28. The summed E-state index contributed by atoms with van der Waals surface area (Å²) in [4.78, 5) is 13.2. The molecule has 1 N–H and O–H groups in total. The van der Waals surface area contributed by atoms with E-state index in [1.165, 1.54) is 5.56 Å². The average molecular weight is 253 g/mol. The molecule has 4 heteroatoms. The summed E-state index contributed by atoms with van der Waals surface area (Å²) in [6.45, 7) is 7.24. The zero-order chi connectivity index (χ0) is 13.8. The lowest BCUT2D eigenvalue weighted by atomic mass is 9.88. The van der Waals surface area contributed by atoms with Gasteiger partial charge in [-0.15, -0.1) is 0 Å². The molecule has 102 valence electrons. The van der Waals surface area contributed by atoms with Crippen molar-refractivity contribution >= 4 is 5.97 Å². The fourth-order valence-corrected chi connectivity index (χ4v) is 1.84. The van der Waals surface area contributed by atoms with Crippen molar-refractivity contribution in [1.82, 2.24) is 4.90 Å². The van der Waals surface area contributed by atoms with Crippen LogP contribution in [0, 0.1) is 12.3 Å². The van der Waals surface area contributed by atoms with Crippen LogP contribution in [0.4, 0.5) is 0 Å². The molecular weight excluding hydrogens is 230 g/mol. The van der Waals surface area contributed by atoms with Crippen molar-refractivity contribution in [2.24, 2.45) is 5.41 Å². The number of aliphatic carboxylic acids is 1. The first kappa shape index (κ1) is 14.8. The smallest absolute Gasteiger partial charge is 0.309 e. The number of nitrogens with zero attached hydrogens (tertiary/aromatic N) is 1. The highest BCUT2D eigenvalue weighted by atomic mass is 16.4. The summed E-state index contributed by atoms with van der Waals surface area (Å²) in [6.07, 6.45) is 3.27. The Bertz CT molecular complexity index is 395. The fourth-order valence-electron chi connectivity index (χ4n) is 1.84. The molecule has 0 bridgehead atoms. The summed E-state index contributed by atoms with van der Waals surface area (Å²) in [5, 5.41) is 9.02. The molecule has 0 aromatic carbocycles. The molecule has 1 aromatic heterocycles. The van der Waals surface area contributed by atoms with Crippen LogP contribution in [0.3, 0.4) is 0 Å². The van der Waals surface area contributed by atoms with Crippen molar-refractivity contribution in [3.8, 4) is 0 Å². The molecule has 0 saturated carbocycles. The van der Waals surface area contributed by atoms with Crippen molar-refractivity contribution in [2.45, 2.75) is 40.2 Å². The summed E-state index contributed by atoms with van der Waals surface area (Å²) in [5.74, 6) is 0.226. The normalized spacial score (nSPS) is 12.1. The third-order valence-electron chi connectivity index (χ3n) is 3.33. The molecule has 4 nitrogen and oxygen atoms in total. The van der Waals surface area contributed by atoms with E-state index in [9.17, 15) is 4.79 Å². The van der Waals surface area contributed by atoms with Gasteiger partial charge in [-0.1, -0.05) is 0 Å². The summed E-state index contributed by atoms with van der Waals surface area (Å²) >= 11 is 0. The minimum absolute atomic E-state index is 0.633. The van der Waals surface area contributed by atoms with Crippen LogP contribution < -0.4 is 0 Å². The molecule has 0 unspecified atom stereocenters. The SMILES string of the molecule is Cc1occc1CN(C)CCCC(C)(C)C(=O)O. The second kappa shape index (κ2) is 6.05. The van der Waals surface area contributed by atoms with Gasteiger partial charge in [0.05, 0.1) is 11.7 Å². The van der Waals surface area contributed by atoms with Gasteiger partial charge in [0, 0.05) is 12.1 Å². The van der Waals surface area contributed by atoms with Crippen LogP contribution >= 0.6 is 0 Å². The molecule has 18 heavy (non-hydrogen) atoms. The molecule has 0 aliphatic rings. The fraction of sp³-hybridized carbons (Fsp3) is 0.643. The van der Waals surface area contributed by atoms with Gasteiger partial charge in [0.15, 0.2) is 0 Å². The maximum absolute atomic E-state index is 11.0. The van der Waals surface area contributed by atoms with Crippen LogP contribution in [0.15, 0.2) is 16.7 Å². The molecular formula is C14H23NO3. The van der Waals surface area contributed by atoms with Gasteiger partial charge in [-0.25, -0.2) is 0 Å². The number of furan rings is 1. The maximum Gasteiger partial charge on any atom is 0.309 e. The number of carboxylic acid groups (broad SMARTS) is 1. The first-order chi connectivity index (χ1) is 8.33. The van der Waals surface area contributed by atoms with Gasteiger partial charge in [0.2, 0.25) is 0 Å². The van der Waals surface area contributed by atoms with E-state index in [1.807, 2.05) is 20.0 Å². The molecule has 0 aliphatic carbocycles. The van der Waals surface area contributed by atoms with Crippen molar-refractivity contribution in [3.63, 3.8) is 0 Å². The molecule has 0 saturated heterocycles. The van der Waals surface area contributed by atoms with Crippen LogP contribution in [0.5, 0.6) is 0 Å². The maximum atomic E-state index is 11.0. The summed E-state index contributed by atoms with van der Waals surface area (Å²) in [5.41, 5.74) is 0.557. The first-order valence-electron chi connectivity index (χ1n) is 6.28. The van der Waals surface area contributed by atoms with E-state index in [0.29, 0.717) is 6.42 Å². The number of rotatable bonds is 7. The predicted octanol–water partition coefficient (Wildman–Crippen LogP) is 2.91. The zero-order valence-electron chi connectivity index (χ0n) is 11.7. The molecule has 0 aliphatic heterocycles. The second-order valence-corrected chi connectivity index (χ2v) is 5.53. The average Bonchev–Trinajstić information content (AvgIpc) is 2.64. The Balaban J connectivity index is 2.32. The molecule has 1 heterocycles. The third-order valence-corrected chi connectivity index (χ3v) is 3.33. The van der Waals surface area contributed by atoms with Crippen LogP contribution in [-0.4, -0.2) is 29.6 Å². The lowest BCUT2D eigenvalue weighted by molar-refractivity contribution is -0.147. The number of hydrogen-bond donors (Lipinski definition) is 1. The Morgan fingerprint density at radius 3 is 2.67 bits per heavy atom.